The standard InChI is InChI=1S/C12H14OS2/c1-9-3-6-15-11(9)12(2,13)7-10-4-5-14-8-10/h3-6,8,13H,7H2,1-2H3. The number of hydrogen-bond donors (Lipinski definition) is 1. The third-order valence-corrected chi connectivity index (χ3v) is 4.48. The van der Waals surface area contributed by atoms with Gasteiger partial charge in [-0.3, -0.25) is 0 Å². The average Bonchev–Trinajstić information content (AvgIpc) is 2.75. The third kappa shape index (κ3) is 2.30. The van der Waals surface area contributed by atoms with Gasteiger partial charge in [-0.05, 0) is 53.2 Å². The topological polar surface area (TPSA) is 20.2 Å². The van der Waals surface area contributed by atoms with Gasteiger partial charge in [0.05, 0.1) is 0 Å². The number of thiophene rings is 2. The number of aliphatic hydroxyl groups is 1. The zero-order valence-electron chi connectivity index (χ0n) is 8.86. The minimum atomic E-state index is -0.737. The highest BCUT2D eigenvalue weighted by atomic mass is 32.1. The lowest BCUT2D eigenvalue weighted by Gasteiger charge is -2.22. The lowest BCUT2D eigenvalue weighted by Crippen LogP contribution is -2.23. The Morgan fingerprint density at radius 1 is 1.33 bits per heavy atom. The second-order valence-electron chi connectivity index (χ2n) is 4.01. The van der Waals surface area contributed by atoms with Crippen LogP contribution in [0.2, 0.25) is 0 Å². The van der Waals surface area contributed by atoms with Crippen molar-refractivity contribution in [1.29, 1.82) is 0 Å². The van der Waals surface area contributed by atoms with Gasteiger partial charge in [-0.1, -0.05) is 0 Å². The fraction of sp³-hybridized carbons (Fsp3) is 0.333. The van der Waals surface area contributed by atoms with Crippen LogP contribution < -0.4 is 0 Å². The van der Waals surface area contributed by atoms with Gasteiger partial charge in [-0.2, -0.15) is 11.3 Å². The van der Waals surface area contributed by atoms with Crippen LogP contribution in [0, 0.1) is 6.92 Å². The summed E-state index contributed by atoms with van der Waals surface area (Å²) < 4.78 is 0. The normalized spacial score (nSPS) is 15.1. The maximum atomic E-state index is 10.4. The Labute approximate surface area is 98.0 Å². The molecule has 1 unspecified atom stereocenters. The van der Waals surface area contributed by atoms with Crippen molar-refractivity contribution in [3.05, 3.63) is 44.3 Å². The first-order valence-electron chi connectivity index (χ1n) is 4.87. The number of aryl methyl sites for hydroxylation is 1. The maximum Gasteiger partial charge on any atom is 0.100 e. The molecule has 0 aliphatic heterocycles. The van der Waals surface area contributed by atoms with Crippen molar-refractivity contribution in [3.63, 3.8) is 0 Å². The predicted molar refractivity (Wildman–Crippen MR) is 66.6 cm³/mol. The molecule has 15 heavy (non-hydrogen) atoms. The molecule has 0 aliphatic rings. The largest absolute Gasteiger partial charge is 0.384 e. The molecule has 2 heterocycles. The van der Waals surface area contributed by atoms with Gasteiger partial charge in [0, 0.05) is 11.3 Å². The van der Waals surface area contributed by atoms with Crippen molar-refractivity contribution in [2.75, 3.05) is 0 Å². The third-order valence-electron chi connectivity index (χ3n) is 2.48. The van der Waals surface area contributed by atoms with E-state index in [0.29, 0.717) is 6.42 Å². The van der Waals surface area contributed by atoms with Gasteiger partial charge in [-0.25, -0.2) is 0 Å². The smallest absolute Gasteiger partial charge is 0.100 e. The van der Waals surface area contributed by atoms with Gasteiger partial charge in [-0.15, -0.1) is 11.3 Å². The van der Waals surface area contributed by atoms with Crippen LogP contribution in [0.5, 0.6) is 0 Å². The first kappa shape index (κ1) is 10.9. The molecule has 1 N–H and O–H groups in total. The van der Waals surface area contributed by atoms with Gasteiger partial charge in [0.25, 0.3) is 0 Å². The van der Waals surface area contributed by atoms with E-state index in [2.05, 4.69) is 17.5 Å². The van der Waals surface area contributed by atoms with Crippen LogP contribution in [0.1, 0.15) is 22.9 Å². The SMILES string of the molecule is Cc1ccsc1C(C)(O)Cc1ccsc1. The molecule has 0 aromatic carbocycles. The lowest BCUT2D eigenvalue weighted by molar-refractivity contribution is 0.0610. The fourth-order valence-electron chi connectivity index (χ4n) is 1.80. The Hall–Kier alpha value is -0.640. The van der Waals surface area contributed by atoms with Crippen LogP contribution >= 0.6 is 22.7 Å². The zero-order chi connectivity index (χ0) is 10.9. The van der Waals surface area contributed by atoms with Crippen molar-refractivity contribution in [2.45, 2.75) is 25.9 Å². The molecular weight excluding hydrogens is 224 g/mol. The summed E-state index contributed by atoms with van der Waals surface area (Å²) in [5.41, 5.74) is 1.65. The van der Waals surface area contributed by atoms with Crippen LogP contribution in [-0.4, -0.2) is 5.11 Å². The first-order chi connectivity index (χ1) is 7.09. The zero-order valence-corrected chi connectivity index (χ0v) is 10.5. The molecule has 2 rings (SSSR count). The summed E-state index contributed by atoms with van der Waals surface area (Å²) in [7, 11) is 0. The average molecular weight is 238 g/mol. The van der Waals surface area contributed by atoms with Crippen molar-refractivity contribution in [3.8, 4) is 0 Å². The van der Waals surface area contributed by atoms with E-state index in [-0.39, 0.29) is 0 Å². The van der Waals surface area contributed by atoms with Gasteiger partial charge in [0.2, 0.25) is 0 Å². The summed E-state index contributed by atoms with van der Waals surface area (Å²) in [6.07, 6.45) is 0.692. The molecule has 0 spiro atoms. The van der Waals surface area contributed by atoms with Crippen molar-refractivity contribution >= 4 is 22.7 Å². The summed E-state index contributed by atoms with van der Waals surface area (Å²) in [6.45, 7) is 3.94. The molecular formula is C12H14OS2. The molecule has 1 nitrogen and oxygen atoms in total. The minimum Gasteiger partial charge on any atom is -0.384 e. The molecule has 0 radical (unpaired) electrons. The van der Waals surface area contributed by atoms with Crippen LogP contribution in [0.25, 0.3) is 0 Å². The molecule has 3 heteroatoms. The van der Waals surface area contributed by atoms with E-state index < -0.39 is 5.60 Å². The predicted octanol–water partition coefficient (Wildman–Crippen LogP) is 3.57. The molecule has 0 bridgehead atoms. The Morgan fingerprint density at radius 3 is 2.67 bits per heavy atom. The first-order valence-corrected chi connectivity index (χ1v) is 6.70. The molecule has 0 fully saturated rings. The van der Waals surface area contributed by atoms with E-state index in [9.17, 15) is 5.11 Å². The summed E-state index contributed by atoms with van der Waals surface area (Å²) >= 11 is 3.31. The van der Waals surface area contributed by atoms with Crippen LogP contribution in [0.15, 0.2) is 28.3 Å². The van der Waals surface area contributed by atoms with Gasteiger partial charge < -0.3 is 5.11 Å². The number of hydrogen-bond acceptors (Lipinski definition) is 3. The van der Waals surface area contributed by atoms with E-state index in [4.69, 9.17) is 0 Å². The van der Waals surface area contributed by atoms with Crippen LogP contribution in [0.3, 0.4) is 0 Å². The van der Waals surface area contributed by atoms with Gasteiger partial charge >= 0.3 is 0 Å². The Bertz CT molecular complexity index is 426. The molecule has 0 amide bonds. The minimum absolute atomic E-state index is 0.692. The summed E-state index contributed by atoms with van der Waals surface area (Å²) in [5.74, 6) is 0. The summed E-state index contributed by atoms with van der Waals surface area (Å²) in [5, 5.41) is 16.6. The Kier molecular flexibility index (Phi) is 2.96. The summed E-state index contributed by atoms with van der Waals surface area (Å²) in [6, 6.07) is 4.13. The van der Waals surface area contributed by atoms with E-state index >= 15 is 0 Å². The van der Waals surface area contributed by atoms with E-state index in [1.54, 1.807) is 22.7 Å². The van der Waals surface area contributed by atoms with E-state index in [1.807, 2.05) is 24.6 Å². The van der Waals surface area contributed by atoms with E-state index in [1.165, 1.54) is 11.1 Å². The molecule has 1 atom stereocenters. The highest BCUT2D eigenvalue weighted by Crippen LogP contribution is 2.32. The molecule has 0 saturated heterocycles. The highest BCUT2D eigenvalue weighted by Gasteiger charge is 2.26. The molecule has 0 saturated carbocycles. The highest BCUT2D eigenvalue weighted by molar-refractivity contribution is 7.10. The second-order valence-corrected chi connectivity index (χ2v) is 5.71. The van der Waals surface area contributed by atoms with Crippen molar-refractivity contribution < 1.29 is 5.11 Å². The molecule has 0 aliphatic carbocycles. The molecule has 2 aromatic rings. The second kappa shape index (κ2) is 4.08. The van der Waals surface area contributed by atoms with Gasteiger partial charge in [0.1, 0.15) is 5.60 Å². The van der Waals surface area contributed by atoms with Crippen LogP contribution in [-0.2, 0) is 12.0 Å². The quantitative estimate of drug-likeness (QED) is 0.866. The maximum absolute atomic E-state index is 10.4. The molecule has 2 aromatic heterocycles. The van der Waals surface area contributed by atoms with E-state index in [0.717, 1.165) is 4.88 Å². The lowest BCUT2D eigenvalue weighted by atomic mass is 9.94. The Morgan fingerprint density at radius 2 is 2.13 bits per heavy atom. The summed E-state index contributed by atoms with van der Waals surface area (Å²) in [4.78, 5) is 1.08. The van der Waals surface area contributed by atoms with Gasteiger partial charge in [0.15, 0.2) is 0 Å². The van der Waals surface area contributed by atoms with Crippen LogP contribution in [0.4, 0.5) is 0 Å². The molecule has 80 valence electrons. The van der Waals surface area contributed by atoms with Crippen molar-refractivity contribution in [2.24, 2.45) is 0 Å². The Balaban J connectivity index is 2.24. The monoisotopic (exact) mass is 238 g/mol. The fourth-order valence-corrected chi connectivity index (χ4v) is 3.45. The van der Waals surface area contributed by atoms with Crippen molar-refractivity contribution in [1.82, 2.24) is 0 Å². The number of rotatable bonds is 3.